The SMILES string of the molecule is CC(C)(C)OC(=O)NC(CCC1CCCCC1)S(=O)(=O)c1ccccc1. The van der Waals surface area contributed by atoms with Crippen molar-refractivity contribution in [3.63, 3.8) is 0 Å². The predicted octanol–water partition coefficient (Wildman–Crippen LogP) is 4.67. The lowest BCUT2D eigenvalue weighted by Crippen LogP contribution is -2.43. The van der Waals surface area contributed by atoms with Gasteiger partial charge in [-0.3, -0.25) is 0 Å². The second-order valence-corrected chi connectivity index (χ2v) is 10.2. The molecule has 0 heterocycles. The maximum Gasteiger partial charge on any atom is 0.408 e. The third kappa shape index (κ3) is 6.31. The molecule has 1 N–H and O–H groups in total. The molecule has 1 unspecified atom stereocenters. The van der Waals surface area contributed by atoms with Crippen LogP contribution in [0.1, 0.15) is 65.7 Å². The molecule has 1 aromatic rings. The summed E-state index contributed by atoms with van der Waals surface area (Å²) in [6.07, 6.45) is 6.48. The molecule has 0 bridgehead atoms. The van der Waals surface area contributed by atoms with Crippen LogP contribution in [0.15, 0.2) is 35.2 Å². The molecular weight excluding hydrogens is 350 g/mol. The zero-order valence-electron chi connectivity index (χ0n) is 16.0. The fraction of sp³-hybridized carbons (Fsp3) is 0.650. The summed E-state index contributed by atoms with van der Waals surface area (Å²) < 4.78 is 31.3. The van der Waals surface area contributed by atoms with E-state index in [0.29, 0.717) is 12.3 Å². The van der Waals surface area contributed by atoms with Gasteiger partial charge in [-0.25, -0.2) is 13.2 Å². The van der Waals surface area contributed by atoms with E-state index in [0.717, 1.165) is 19.3 Å². The van der Waals surface area contributed by atoms with E-state index in [4.69, 9.17) is 4.74 Å². The highest BCUT2D eigenvalue weighted by Gasteiger charge is 2.31. The molecule has 0 saturated heterocycles. The Bertz CT molecular complexity index is 674. The fourth-order valence-corrected chi connectivity index (χ4v) is 4.94. The van der Waals surface area contributed by atoms with Gasteiger partial charge >= 0.3 is 6.09 Å². The van der Waals surface area contributed by atoms with Crippen molar-refractivity contribution in [2.75, 3.05) is 0 Å². The lowest BCUT2D eigenvalue weighted by molar-refractivity contribution is 0.0516. The van der Waals surface area contributed by atoms with Crippen LogP contribution in [0.2, 0.25) is 0 Å². The van der Waals surface area contributed by atoms with Crippen molar-refractivity contribution in [2.24, 2.45) is 5.92 Å². The minimum Gasteiger partial charge on any atom is -0.444 e. The minimum absolute atomic E-state index is 0.227. The van der Waals surface area contributed by atoms with Crippen LogP contribution in [0.3, 0.4) is 0 Å². The van der Waals surface area contributed by atoms with E-state index in [2.05, 4.69) is 5.32 Å². The first kappa shape index (κ1) is 20.7. The molecule has 26 heavy (non-hydrogen) atoms. The summed E-state index contributed by atoms with van der Waals surface area (Å²) in [5.41, 5.74) is -0.672. The quantitative estimate of drug-likeness (QED) is 0.777. The molecule has 0 aliphatic heterocycles. The lowest BCUT2D eigenvalue weighted by atomic mass is 9.86. The number of nitrogens with one attached hydrogen (secondary N) is 1. The van der Waals surface area contributed by atoms with Gasteiger partial charge in [0.2, 0.25) is 0 Å². The van der Waals surface area contributed by atoms with Gasteiger partial charge in [0.05, 0.1) is 4.90 Å². The molecule has 1 atom stereocenters. The minimum atomic E-state index is -3.66. The number of alkyl carbamates (subject to hydrolysis) is 1. The molecule has 0 radical (unpaired) electrons. The van der Waals surface area contributed by atoms with Gasteiger partial charge in [-0.1, -0.05) is 50.3 Å². The Balaban J connectivity index is 2.13. The molecule has 1 amide bonds. The Hall–Kier alpha value is -1.56. The molecule has 1 aliphatic rings. The summed E-state index contributed by atoms with van der Waals surface area (Å²) in [6, 6.07) is 8.30. The molecule has 1 aliphatic carbocycles. The monoisotopic (exact) mass is 381 g/mol. The Morgan fingerprint density at radius 2 is 1.77 bits per heavy atom. The molecular formula is C20H31NO4S. The van der Waals surface area contributed by atoms with Gasteiger partial charge in [0, 0.05) is 0 Å². The second kappa shape index (κ2) is 8.89. The van der Waals surface area contributed by atoms with E-state index in [9.17, 15) is 13.2 Å². The number of hydrogen-bond donors (Lipinski definition) is 1. The van der Waals surface area contributed by atoms with E-state index in [1.54, 1.807) is 51.1 Å². The van der Waals surface area contributed by atoms with Gasteiger partial charge in [-0.2, -0.15) is 0 Å². The Kier molecular flexibility index (Phi) is 7.09. The topological polar surface area (TPSA) is 72.5 Å². The fourth-order valence-electron chi connectivity index (χ4n) is 3.38. The van der Waals surface area contributed by atoms with Crippen LogP contribution in [0.25, 0.3) is 0 Å². The maximum atomic E-state index is 13.0. The molecule has 1 aromatic carbocycles. The molecule has 0 aromatic heterocycles. The van der Waals surface area contributed by atoms with Gasteiger partial charge in [0.1, 0.15) is 11.0 Å². The highest BCUT2D eigenvalue weighted by atomic mass is 32.2. The number of sulfone groups is 1. The summed E-state index contributed by atoms with van der Waals surface area (Å²) in [5, 5.41) is 1.63. The number of rotatable bonds is 6. The number of amides is 1. The van der Waals surface area contributed by atoms with Crippen molar-refractivity contribution in [1.29, 1.82) is 0 Å². The molecule has 1 fully saturated rings. The molecule has 146 valence electrons. The van der Waals surface area contributed by atoms with Crippen LogP contribution in [0.5, 0.6) is 0 Å². The first-order chi connectivity index (χ1) is 12.2. The highest BCUT2D eigenvalue weighted by molar-refractivity contribution is 7.92. The van der Waals surface area contributed by atoms with Crippen LogP contribution in [0, 0.1) is 5.92 Å². The zero-order valence-corrected chi connectivity index (χ0v) is 16.8. The summed E-state index contributed by atoms with van der Waals surface area (Å²) >= 11 is 0. The van der Waals surface area contributed by atoms with Crippen molar-refractivity contribution in [3.8, 4) is 0 Å². The van der Waals surface area contributed by atoms with Gasteiger partial charge in [0.15, 0.2) is 9.84 Å². The van der Waals surface area contributed by atoms with Crippen LogP contribution < -0.4 is 5.32 Å². The normalized spacial score (nSPS) is 17.5. The zero-order chi connectivity index (χ0) is 19.2. The van der Waals surface area contributed by atoms with Crippen molar-refractivity contribution < 1.29 is 17.9 Å². The molecule has 0 spiro atoms. The third-order valence-corrected chi connectivity index (χ3v) is 6.72. The number of benzene rings is 1. The largest absolute Gasteiger partial charge is 0.444 e. The number of carbonyl (C=O) groups is 1. The Labute approximate surface area is 157 Å². The molecule has 6 heteroatoms. The average molecular weight is 382 g/mol. The van der Waals surface area contributed by atoms with E-state index in [1.165, 1.54) is 19.3 Å². The van der Waals surface area contributed by atoms with E-state index >= 15 is 0 Å². The summed E-state index contributed by atoms with van der Waals surface area (Å²) in [4.78, 5) is 12.4. The number of ether oxygens (including phenoxy) is 1. The molecule has 1 saturated carbocycles. The summed E-state index contributed by atoms with van der Waals surface area (Å²) in [6.45, 7) is 5.28. The molecule has 2 rings (SSSR count). The summed E-state index contributed by atoms with van der Waals surface area (Å²) in [7, 11) is -3.66. The van der Waals surface area contributed by atoms with Gasteiger partial charge in [-0.15, -0.1) is 0 Å². The maximum absolute atomic E-state index is 13.0. The van der Waals surface area contributed by atoms with E-state index in [1.807, 2.05) is 0 Å². The lowest BCUT2D eigenvalue weighted by Gasteiger charge is -2.26. The van der Waals surface area contributed by atoms with Crippen LogP contribution >= 0.6 is 0 Å². The van der Waals surface area contributed by atoms with Gasteiger partial charge < -0.3 is 10.1 Å². The number of carbonyl (C=O) groups excluding carboxylic acids is 1. The van der Waals surface area contributed by atoms with Crippen LogP contribution in [-0.2, 0) is 14.6 Å². The first-order valence-corrected chi connectivity index (χ1v) is 11.0. The van der Waals surface area contributed by atoms with Gasteiger partial charge in [-0.05, 0) is 51.7 Å². The first-order valence-electron chi connectivity index (χ1n) is 9.47. The van der Waals surface area contributed by atoms with Crippen molar-refractivity contribution in [3.05, 3.63) is 30.3 Å². The van der Waals surface area contributed by atoms with Crippen molar-refractivity contribution in [1.82, 2.24) is 5.32 Å². The smallest absolute Gasteiger partial charge is 0.408 e. The van der Waals surface area contributed by atoms with Crippen molar-refractivity contribution >= 4 is 15.9 Å². The predicted molar refractivity (Wildman–Crippen MR) is 103 cm³/mol. The average Bonchev–Trinajstić information content (AvgIpc) is 2.58. The van der Waals surface area contributed by atoms with E-state index in [-0.39, 0.29) is 4.90 Å². The summed E-state index contributed by atoms with van der Waals surface area (Å²) in [5.74, 6) is 0.539. The van der Waals surface area contributed by atoms with Gasteiger partial charge in [0.25, 0.3) is 0 Å². The van der Waals surface area contributed by atoms with Crippen LogP contribution in [-0.4, -0.2) is 25.5 Å². The van der Waals surface area contributed by atoms with Crippen molar-refractivity contribution in [2.45, 2.75) is 81.6 Å². The Morgan fingerprint density at radius 1 is 1.15 bits per heavy atom. The standard InChI is InChI=1S/C20H31NO4S/c1-20(2,3)25-19(22)21-18(15-14-16-10-6-4-7-11-16)26(23,24)17-12-8-5-9-13-17/h5,8-9,12-13,16,18H,4,6-7,10-11,14-15H2,1-3H3,(H,21,22). The van der Waals surface area contributed by atoms with E-state index < -0.39 is 26.9 Å². The Morgan fingerprint density at radius 3 is 2.35 bits per heavy atom. The molecule has 5 nitrogen and oxygen atoms in total. The second-order valence-electron chi connectivity index (χ2n) is 8.07. The third-order valence-electron chi connectivity index (χ3n) is 4.69. The highest BCUT2D eigenvalue weighted by Crippen LogP contribution is 2.29. The van der Waals surface area contributed by atoms with Crippen LogP contribution in [0.4, 0.5) is 4.79 Å². The number of hydrogen-bond acceptors (Lipinski definition) is 4.